The summed E-state index contributed by atoms with van der Waals surface area (Å²) in [6.07, 6.45) is 1.96. The number of nitrogens with one attached hydrogen (secondary N) is 1. The van der Waals surface area contributed by atoms with Crippen molar-refractivity contribution in [1.29, 1.82) is 5.41 Å². The van der Waals surface area contributed by atoms with Crippen molar-refractivity contribution in [2.24, 2.45) is 5.73 Å². The molecular weight excluding hydrogens is 254 g/mol. The summed E-state index contributed by atoms with van der Waals surface area (Å²) < 4.78 is 37.3. The van der Waals surface area contributed by atoms with Crippen LogP contribution < -0.4 is 10.5 Å². The van der Waals surface area contributed by atoms with Gasteiger partial charge in [-0.15, -0.1) is 0 Å². The third kappa shape index (κ3) is 4.82. The number of halogens is 2. The molecule has 1 aromatic carbocycles. The van der Waals surface area contributed by atoms with Crippen LogP contribution in [0.4, 0.5) is 8.78 Å². The fraction of sp³-hybridized carbons (Fsp3) is 0.462. The van der Waals surface area contributed by atoms with Crippen molar-refractivity contribution in [1.82, 2.24) is 0 Å². The van der Waals surface area contributed by atoms with Crippen molar-refractivity contribution >= 4 is 5.84 Å². The van der Waals surface area contributed by atoms with Crippen LogP contribution in [0.5, 0.6) is 5.75 Å². The van der Waals surface area contributed by atoms with Gasteiger partial charge in [-0.05, 0) is 18.6 Å². The van der Waals surface area contributed by atoms with E-state index in [9.17, 15) is 8.78 Å². The lowest BCUT2D eigenvalue weighted by Crippen LogP contribution is -2.13. The number of hydrogen-bond donors (Lipinski definition) is 2. The van der Waals surface area contributed by atoms with Crippen LogP contribution in [0.15, 0.2) is 12.1 Å². The molecule has 106 valence electrons. The van der Waals surface area contributed by atoms with Gasteiger partial charge in [-0.1, -0.05) is 13.3 Å². The lowest BCUT2D eigenvalue weighted by Gasteiger charge is -2.10. The average molecular weight is 272 g/mol. The highest BCUT2D eigenvalue weighted by molar-refractivity contribution is 5.95. The molecule has 0 atom stereocenters. The molecule has 0 fully saturated rings. The van der Waals surface area contributed by atoms with Gasteiger partial charge in [0.15, 0.2) is 17.4 Å². The largest absolute Gasteiger partial charge is 0.485 e. The summed E-state index contributed by atoms with van der Waals surface area (Å²) in [6, 6.07) is 1.94. The molecule has 0 aliphatic rings. The first-order valence-corrected chi connectivity index (χ1v) is 6.10. The van der Waals surface area contributed by atoms with Crippen molar-refractivity contribution in [2.45, 2.75) is 19.8 Å². The van der Waals surface area contributed by atoms with Crippen LogP contribution >= 0.6 is 0 Å². The van der Waals surface area contributed by atoms with E-state index in [1.807, 2.05) is 6.92 Å². The molecule has 1 aromatic rings. The van der Waals surface area contributed by atoms with Gasteiger partial charge in [0.2, 0.25) is 0 Å². The highest BCUT2D eigenvalue weighted by Gasteiger charge is 2.13. The lowest BCUT2D eigenvalue weighted by atomic mass is 10.2. The number of rotatable bonds is 8. The number of benzene rings is 1. The first-order chi connectivity index (χ1) is 9.06. The van der Waals surface area contributed by atoms with Crippen LogP contribution in [0.3, 0.4) is 0 Å². The Labute approximate surface area is 111 Å². The molecule has 0 aliphatic carbocycles. The second-order valence-corrected chi connectivity index (χ2v) is 4.00. The molecule has 0 saturated heterocycles. The Balaban J connectivity index is 2.52. The second-order valence-electron chi connectivity index (χ2n) is 4.00. The number of nitrogen functional groups attached to an aromatic ring is 1. The van der Waals surface area contributed by atoms with E-state index in [-0.39, 0.29) is 18.8 Å². The summed E-state index contributed by atoms with van der Waals surface area (Å²) >= 11 is 0. The molecule has 0 bridgehead atoms. The van der Waals surface area contributed by atoms with E-state index < -0.39 is 23.2 Å². The number of ether oxygens (including phenoxy) is 2. The van der Waals surface area contributed by atoms with Gasteiger partial charge >= 0.3 is 0 Å². The number of nitrogens with two attached hydrogens (primary N) is 1. The van der Waals surface area contributed by atoms with E-state index in [1.165, 1.54) is 0 Å². The maximum absolute atomic E-state index is 13.5. The zero-order valence-corrected chi connectivity index (χ0v) is 10.8. The van der Waals surface area contributed by atoms with E-state index in [4.69, 9.17) is 20.6 Å². The van der Waals surface area contributed by atoms with Gasteiger partial charge in [0, 0.05) is 12.2 Å². The molecular formula is C13H18F2N2O2. The summed E-state index contributed by atoms with van der Waals surface area (Å²) in [5.41, 5.74) is 5.15. The third-order valence-corrected chi connectivity index (χ3v) is 2.43. The van der Waals surface area contributed by atoms with E-state index in [2.05, 4.69) is 0 Å². The molecule has 6 heteroatoms. The quantitative estimate of drug-likeness (QED) is 0.434. The Kier molecular flexibility index (Phi) is 6.21. The van der Waals surface area contributed by atoms with Crippen molar-refractivity contribution in [3.05, 3.63) is 29.3 Å². The SMILES string of the molecule is CCCCOCCOc1c(F)cc(C(=N)N)cc1F. The van der Waals surface area contributed by atoms with Crippen molar-refractivity contribution < 1.29 is 18.3 Å². The van der Waals surface area contributed by atoms with E-state index in [0.717, 1.165) is 25.0 Å². The van der Waals surface area contributed by atoms with Gasteiger partial charge in [-0.3, -0.25) is 5.41 Å². The van der Waals surface area contributed by atoms with Crippen molar-refractivity contribution in [3.63, 3.8) is 0 Å². The third-order valence-electron chi connectivity index (χ3n) is 2.43. The Hall–Kier alpha value is -1.69. The van der Waals surface area contributed by atoms with Crippen molar-refractivity contribution in [2.75, 3.05) is 19.8 Å². The molecule has 0 aromatic heterocycles. The Morgan fingerprint density at radius 2 is 1.84 bits per heavy atom. The molecule has 0 unspecified atom stereocenters. The monoisotopic (exact) mass is 272 g/mol. The normalized spacial score (nSPS) is 10.5. The van der Waals surface area contributed by atoms with Crippen LogP contribution in [0.25, 0.3) is 0 Å². The van der Waals surface area contributed by atoms with E-state index in [1.54, 1.807) is 0 Å². The summed E-state index contributed by atoms with van der Waals surface area (Å²) in [7, 11) is 0. The first-order valence-electron chi connectivity index (χ1n) is 6.10. The fourth-order valence-electron chi connectivity index (χ4n) is 1.40. The van der Waals surface area contributed by atoms with Crippen LogP contribution in [0.1, 0.15) is 25.3 Å². The van der Waals surface area contributed by atoms with Crippen molar-refractivity contribution in [3.8, 4) is 5.75 Å². The summed E-state index contributed by atoms with van der Waals surface area (Å²) in [5, 5.41) is 7.12. The molecule has 0 spiro atoms. The lowest BCUT2D eigenvalue weighted by molar-refractivity contribution is 0.0951. The van der Waals surface area contributed by atoms with Crippen LogP contribution in [-0.2, 0) is 4.74 Å². The van der Waals surface area contributed by atoms with Gasteiger partial charge in [0.05, 0.1) is 6.61 Å². The Morgan fingerprint density at radius 1 is 1.21 bits per heavy atom. The van der Waals surface area contributed by atoms with Gasteiger partial charge in [0.25, 0.3) is 0 Å². The van der Waals surface area contributed by atoms with Gasteiger partial charge in [-0.25, -0.2) is 8.78 Å². The predicted octanol–water partition coefficient (Wildman–Crippen LogP) is 2.44. The zero-order valence-electron chi connectivity index (χ0n) is 10.8. The predicted molar refractivity (Wildman–Crippen MR) is 68.6 cm³/mol. The minimum Gasteiger partial charge on any atom is -0.485 e. The number of unbranched alkanes of at least 4 members (excludes halogenated alkanes) is 1. The standard InChI is InChI=1S/C13H18F2N2O2/c1-2-3-4-18-5-6-19-12-10(14)7-9(13(16)17)8-11(12)15/h7-8H,2-6H2,1H3,(H3,16,17). The Morgan fingerprint density at radius 3 is 2.37 bits per heavy atom. The minimum atomic E-state index is -0.876. The summed E-state index contributed by atoms with van der Waals surface area (Å²) in [5.74, 6) is -2.62. The molecule has 0 aliphatic heterocycles. The molecule has 19 heavy (non-hydrogen) atoms. The van der Waals surface area contributed by atoms with Gasteiger partial charge < -0.3 is 15.2 Å². The van der Waals surface area contributed by atoms with Crippen LogP contribution in [-0.4, -0.2) is 25.7 Å². The topological polar surface area (TPSA) is 68.3 Å². The van der Waals surface area contributed by atoms with E-state index in [0.29, 0.717) is 6.61 Å². The smallest absolute Gasteiger partial charge is 0.190 e. The number of amidine groups is 1. The fourth-order valence-corrected chi connectivity index (χ4v) is 1.40. The molecule has 0 amide bonds. The molecule has 0 saturated carbocycles. The molecule has 0 radical (unpaired) electrons. The first kappa shape index (κ1) is 15.4. The number of hydrogen-bond acceptors (Lipinski definition) is 3. The molecule has 0 heterocycles. The summed E-state index contributed by atoms with van der Waals surface area (Å²) in [4.78, 5) is 0. The maximum atomic E-state index is 13.5. The highest BCUT2D eigenvalue weighted by Crippen LogP contribution is 2.23. The molecule has 3 N–H and O–H groups in total. The highest BCUT2D eigenvalue weighted by atomic mass is 19.1. The summed E-state index contributed by atoms with van der Waals surface area (Å²) in [6.45, 7) is 2.99. The minimum absolute atomic E-state index is 0.0125. The zero-order chi connectivity index (χ0) is 14.3. The van der Waals surface area contributed by atoms with Crippen LogP contribution in [0.2, 0.25) is 0 Å². The average Bonchev–Trinajstić information content (AvgIpc) is 2.35. The van der Waals surface area contributed by atoms with Crippen LogP contribution in [0, 0.1) is 17.0 Å². The maximum Gasteiger partial charge on any atom is 0.190 e. The second kappa shape index (κ2) is 7.68. The molecule has 4 nitrogen and oxygen atoms in total. The molecule has 1 rings (SSSR count). The van der Waals surface area contributed by atoms with E-state index >= 15 is 0 Å². The Bertz CT molecular complexity index is 416. The van der Waals surface area contributed by atoms with Gasteiger partial charge in [0.1, 0.15) is 12.4 Å². The van der Waals surface area contributed by atoms with Gasteiger partial charge in [-0.2, -0.15) is 0 Å².